The van der Waals surface area contributed by atoms with E-state index in [4.69, 9.17) is 17.3 Å². The number of hydrogen-bond acceptors (Lipinski definition) is 4. The van der Waals surface area contributed by atoms with E-state index < -0.39 is 0 Å². The lowest BCUT2D eigenvalue weighted by molar-refractivity contribution is 0.584. The van der Waals surface area contributed by atoms with Crippen LogP contribution in [0.25, 0.3) is 0 Å². The Morgan fingerprint density at radius 3 is 2.57 bits per heavy atom. The predicted molar refractivity (Wildman–Crippen MR) is 58.5 cm³/mol. The summed E-state index contributed by atoms with van der Waals surface area (Å²) in [6, 6.07) is 0. The molecule has 0 amide bonds. The second-order valence-corrected chi connectivity index (χ2v) is 3.86. The number of nitrogens with zero attached hydrogens (tertiary/aromatic N) is 3. The van der Waals surface area contributed by atoms with Crippen molar-refractivity contribution in [2.75, 3.05) is 25.0 Å². The molecule has 1 heterocycles. The van der Waals surface area contributed by atoms with Gasteiger partial charge in [-0.2, -0.15) is 0 Å². The Labute approximate surface area is 89.1 Å². The molecule has 1 atom stereocenters. The molecule has 0 saturated heterocycles. The van der Waals surface area contributed by atoms with Gasteiger partial charge < -0.3 is 10.6 Å². The average molecular weight is 215 g/mol. The van der Waals surface area contributed by atoms with E-state index in [0.29, 0.717) is 23.4 Å². The first-order valence-corrected chi connectivity index (χ1v) is 4.90. The van der Waals surface area contributed by atoms with Gasteiger partial charge in [-0.05, 0) is 12.5 Å². The molecular weight excluding hydrogens is 200 g/mol. The second-order valence-electron chi connectivity index (χ2n) is 3.42. The fraction of sp³-hybridized carbons (Fsp3) is 0.556. The first kappa shape index (κ1) is 11.2. The van der Waals surface area contributed by atoms with Gasteiger partial charge in [0.2, 0.25) is 5.95 Å². The first-order chi connectivity index (χ1) is 6.63. The molecule has 0 aliphatic heterocycles. The van der Waals surface area contributed by atoms with Crippen LogP contribution < -0.4 is 10.6 Å². The second kappa shape index (κ2) is 5.12. The van der Waals surface area contributed by atoms with E-state index in [9.17, 15) is 0 Å². The first-order valence-electron chi connectivity index (χ1n) is 4.52. The summed E-state index contributed by atoms with van der Waals surface area (Å²) >= 11 is 5.69. The number of anilines is 1. The van der Waals surface area contributed by atoms with E-state index in [2.05, 4.69) is 16.9 Å². The van der Waals surface area contributed by atoms with Crippen LogP contribution in [-0.2, 0) is 0 Å². The summed E-state index contributed by atoms with van der Waals surface area (Å²) in [4.78, 5) is 10.2. The largest absolute Gasteiger partial charge is 0.344 e. The van der Waals surface area contributed by atoms with E-state index in [1.165, 1.54) is 0 Å². The highest BCUT2D eigenvalue weighted by molar-refractivity contribution is 6.30. The average Bonchev–Trinajstić information content (AvgIpc) is 2.18. The number of rotatable bonds is 4. The predicted octanol–water partition coefficient (Wildman–Crippen LogP) is 1.16. The highest BCUT2D eigenvalue weighted by atomic mass is 35.5. The quantitative estimate of drug-likeness (QED) is 0.818. The Kier molecular flexibility index (Phi) is 4.10. The van der Waals surface area contributed by atoms with Gasteiger partial charge in [-0.1, -0.05) is 18.5 Å². The van der Waals surface area contributed by atoms with Crippen molar-refractivity contribution < 1.29 is 0 Å². The molecule has 4 nitrogen and oxygen atoms in total. The van der Waals surface area contributed by atoms with E-state index in [0.717, 1.165) is 6.54 Å². The van der Waals surface area contributed by atoms with Crippen molar-refractivity contribution in [2.24, 2.45) is 11.7 Å². The Balaban J connectivity index is 2.60. The molecule has 0 bridgehead atoms. The molecule has 0 spiro atoms. The van der Waals surface area contributed by atoms with Crippen LogP contribution in [0, 0.1) is 5.92 Å². The minimum absolute atomic E-state index is 0.430. The zero-order valence-corrected chi connectivity index (χ0v) is 9.20. The molecule has 78 valence electrons. The van der Waals surface area contributed by atoms with Crippen LogP contribution in [0.2, 0.25) is 5.02 Å². The maximum Gasteiger partial charge on any atom is 0.225 e. The molecule has 5 heteroatoms. The van der Waals surface area contributed by atoms with Crippen molar-refractivity contribution >= 4 is 17.5 Å². The minimum atomic E-state index is 0.430. The highest BCUT2D eigenvalue weighted by Gasteiger charge is 2.07. The van der Waals surface area contributed by atoms with Crippen LogP contribution in [0.3, 0.4) is 0 Å². The van der Waals surface area contributed by atoms with Crippen LogP contribution in [0.15, 0.2) is 12.4 Å². The smallest absolute Gasteiger partial charge is 0.225 e. The normalized spacial score (nSPS) is 12.6. The fourth-order valence-corrected chi connectivity index (χ4v) is 1.22. The molecule has 1 unspecified atom stereocenters. The van der Waals surface area contributed by atoms with Gasteiger partial charge in [-0.25, -0.2) is 9.97 Å². The summed E-state index contributed by atoms with van der Waals surface area (Å²) in [5.74, 6) is 1.11. The topological polar surface area (TPSA) is 55.0 Å². The number of nitrogens with two attached hydrogens (primary N) is 1. The monoisotopic (exact) mass is 214 g/mol. The Morgan fingerprint density at radius 1 is 1.50 bits per heavy atom. The van der Waals surface area contributed by atoms with Crippen molar-refractivity contribution in [1.29, 1.82) is 0 Å². The van der Waals surface area contributed by atoms with Gasteiger partial charge in [0.05, 0.1) is 17.4 Å². The fourth-order valence-electron chi connectivity index (χ4n) is 1.13. The van der Waals surface area contributed by atoms with Crippen molar-refractivity contribution in [3.8, 4) is 0 Å². The molecule has 1 aromatic rings. The van der Waals surface area contributed by atoms with Crippen LogP contribution >= 0.6 is 11.6 Å². The molecule has 0 radical (unpaired) electrons. The Hall–Kier alpha value is -0.870. The van der Waals surface area contributed by atoms with Crippen molar-refractivity contribution in [3.05, 3.63) is 17.4 Å². The SMILES string of the molecule is CC(CN)CN(C)c1ncc(Cl)cn1. The third-order valence-electron chi connectivity index (χ3n) is 1.94. The summed E-state index contributed by atoms with van der Waals surface area (Å²) in [6.45, 7) is 3.60. The zero-order chi connectivity index (χ0) is 10.6. The molecule has 0 aliphatic carbocycles. The summed E-state index contributed by atoms with van der Waals surface area (Å²) in [5, 5.41) is 0.550. The Morgan fingerprint density at radius 2 is 2.07 bits per heavy atom. The highest BCUT2D eigenvalue weighted by Crippen LogP contribution is 2.09. The lowest BCUT2D eigenvalue weighted by Gasteiger charge is -2.20. The van der Waals surface area contributed by atoms with Gasteiger partial charge in [0.1, 0.15) is 0 Å². The molecule has 0 aliphatic rings. The summed E-state index contributed by atoms with van der Waals surface area (Å²) < 4.78 is 0. The van der Waals surface area contributed by atoms with Gasteiger partial charge >= 0.3 is 0 Å². The molecule has 14 heavy (non-hydrogen) atoms. The number of hydrogen-bond donors (Lipinski definition) is 1. The van der Waals surface area contributed by atoms with E-state index >= 15 is 0 Å². The number of halogens is 1. The van der Waals surface area contributed by atoms with Gasteiger partial charge in [-0.3, -0.25) is 0 Å². The van der Waals surface area contributed by atoms with Crippen molar-refractivity contribution in [3.63, 3.8) is 0 Å². The van der Waals surface area contributed by atoms with Crippen molar-refractivity contribution in [2.45, 2.75) is 6.92 Å². The maximum atomic E-state index is 5.69. The van der Waals surface area contributed by atoms with Gasteiger partial charge in [-0.15, -0.1) is 0 Å². The van der Waals surface area contributed by atoms with Gasteiger partial charge in [0.25, 0.3) is 0 Å². The third kappa shape index (κ3) is 3.12. The van der Waals surface area contributed by atoms with Crippen LogP contribution in [0.5, 0.6) is 0 Å². The van der Waals surface area contributed by atoms with Gasteiger partial charge in [0.15, 0.2) is 0 Å². The van der Waals surface area contributed by atoms with Crippen LogP contribution in [0.1, 0.15) is 6.92 Å². The summed E-state index contributed by atoms with van der Waals surface area (Å²) in [5.41, 5.74) is 5.53. The van der Waals surface area contributed by atoms with E-state index in [1.54, 1.807) is 12.4 Å². The molecule has 1 aromatic heterocycles. The molecule has 0 fully saturated rings. The molecule has 0 aromatic carbocycles. The number of aromatic nitrogens is 2. The minimum Gasteiger partial charge on any atom is -0.344 e. The van der Waals surface area contributed by atoms with Crippen molar-refractivity contribution in [1.82, 2.24) is 9.97 Å². The molecule has 0 saturated carbocycles. The van der Waals surface area contributed by atoms with Crippen LogP contribution in [-0.4, -0.2) is 30.1 Å². The maximum absolute atomic E-state index is 5.69. The zero-order valence-electron chi connectivity index (χ0n) is 8.44. The third-order valence-corrected chi connectivity index (χ3v) is 2.13. The summed E-state index contributed by atoms with van der Waals surface area (Å²) in [7, 11) is 1.94. The lowest BCUT2D eigenvalue weighted by Crippen LogP contribution is -2.29. The lowest BCUT2D eigenvalue weighted by atomic mass is 10.2. The van der Waals surface area contributed by atoms with Gasteiger partial charge in [0, 0.05) is 13.6 Å². The molecule has 2 N–H and O–H groups in total. The summed E-state index contributed by atoms with van der Waals surface area (Å²) in [6.07, 6.45) is 3.18. The van der Waals surface area contributed by atoms with E-state index in [-0.39, 0.29) is 0 Å². The van der Waals surface area contributed by atoms with E-state index in [1.807, 2.05) is 11.9 Å². The standard InChI is InChI=1S/C9H15ClN4/c1-7(3-11)6-14(2)9-12-4-8(10)5-13-9/h4-5,7H,3,6,11H2,1-2H3. The Bertz CT molecular complexity index is 275. The molecular formula is C9H15ClN4. The molecule has 1 rings (SSSR count). The van der Waals surface area contributed by atoms with Crippen LogP contribution in [0.4, 0.5) is 5.95 Å².